The van der Waals surface area contributed by atoms with Gasteiger partial charge in [-0.3, -0.25) is 0 Å². The summed E-state index contributed by atoms with van der Waals surface area (Å²) in [5.74, 6) is 0.837. The molecule has 1 unspecified atom stereocenters. The quantitative estimate of drug-likeness (QED) is 0.729. The standard InChI is InChI=1S/C17H16BrNO/c1-10-6-7-14-11(2)17(20-15(14)8-10)16(19)12-4-3-5-13(18)9-12/h3-9,16H,19H2,1-2H3. The molecule has 0 aliphatic carbocycles. The van der Waals surface area contributed by atoms with Gasteiger partial charge in [0.2, 0.25) is 0 Å². The Morgan fingerprint density at radius 1 is 1.10 bits per heavy atom. The molecule has 0 radical (unpaired) electrons. The Balaban J connectivity index is 2.12. The first-order valence-corrected chi connectivity index (χ1v) is 7.36. The van der Waals surface area contributed by atoms with Gasteiger partial charge in [-0.1, -0.05) is 40.2 Å². The minimum Gasteiger partial charge on any atom is -0.459 e. The van der Waals surface area contributed by atoms with E-state index >= 15 is 0 Å². The predicted molar refractivity (Wildman–Crippen MR) is 85.9 cm³/mol. The first-order valence-electron chi connectivity index (χ1n) is 6.57. The van der Waals surface area contributed by atoms with E-state index in [2.05, 4.69) is 48.0 Å². The lowest BCUT2D eigenvalue weighted by Crippen LogP contribution is -2.11. The fourth-order valence-corrected chi connectivity index (χ4v) is 2.92. The molecule has 0 bridgehead atoms. The lowest BCUT2D eigenvalue weighted by atomic mass is 10.0. The van der Waals surface area contributed by atoms with E-state index in [1.165, 1.54) is 5.56 Å². The van der Waals surface area contributed by atoms with Crippen LogP contribution < -0.4 is 5.73 Å². The van der Waals surface area contributed by atoms with Crippen molar-refractivity contribution in [3.05, 3.63) is 69.4 Å². The van der Waals surface area contributed by atoms with Crippen LogP contribution in [0.15, 0.2) is 51.4 Å². The first kappa shape index (κ1) is 13.4. The Morgan fingerprint density at radius 2 is 1.90 bits per heavy atom. The average Bonchev–Trinajstić information content (AvgIpc) is 2.74. The van der Waals surface area contributed by atoms with Gasteiger partial charge in [0.1, 0.15) is 11.3 Å². The molecule has 0 amide bonds. The van der Waals surface area contributed by atoms with Crippen LogP contribution in [0.25, 0.3) is 11.0 Å². The molecule has 0 fully saturated rings. The summed E-state index contributed by atoms with van der Waals surface area (Å²) in [5, 5.41) is 1.14. The smallest absolute Gasteiger partial charge is 0.134 e. The molecule has 0 spiro atoms. The minimum absolute atomic E-state index is 0.250. The summed E-state index contributed by atoms with van der Waals surface area (Å²) in [4.78, 5) is 0. The average molecular weight is 330 g/mol. The topological polar surface area (TPSA) is 39.2 Å². The molecule has 20 heavy (non-hydrogen) atoms. The van der Waals surface area contributed by atoms with Gasteiger partial charge in [-0.05, 0) is 43.2 Å². The lowest BCUT2D eigenvalue weighted by Gasteiger charge is -2.10. The molecule has 0 saturated heterocycles. The summed E-state index contributed by atoms with van der Waals surface area (Å²) in [5.41, 5.74) is 10.6. The number of rotatable bonds is 2. The van der Waals surface area contributed by atoms with E-state index in [1.807, 2.05) is 24.3 Å². The Labute approximate surface area is 126 Å². The normalized spacial score (nSPS) is 12.8. The molecule has 2 N–H and O–H groups in total. The van der Waals surface area contributed by atoms with Crippen LogP contribution in [0.4, 0.5) is 0 Å². The maximum Gasteiger partial charge on any atom is 0.134 e. The highest BCUT2D eigenvalue weighted by atomic mass is 79.9. The summed E-state index contributed by atoms with van der Waals surface area (Å²) in [6.07, 6.45) is 0. The molecular formula is C17H16BrNO. The van der Waals surface area contributed by atoms with Crippen molar-refractivity contribution in [3.8, 4) is 0 Å². The molecule has 0 saturated carbocycles. The molecule has 1 heterocycles. The monoisotopic (exact) mass is 329 g/mol. The van der Waals surface area contributed by atoms with Crippen LogP contribution >= 0.6 is 15.9 Å². The molecule has 3 aromatic rings. The molecular weight excluding hydrogens is 314 g/mol. The van der Waals surface area contributed by atoms with Gasteiger partial charge in [-0.2, -0.15) is 0 Å². The summed E-state index contributed by atoms with van der Waals surface area (Å²) in [7, 11) is 0. The summed E-state index contributed by atoms with van der Waals surface area (Å²) in [6.45, 7) is 4.12. The second kappa shape index (κ2) is 5.08. The van der Waals surface area contributed by atoms with E-state index in [-0.39, 0.29) is 6.04 Å². The van der Waals surface area contributed by atoms with Crippen LogP contribution in [-0.2, 0) is 0 Å². The van der Waals surface area contributed by atoms with E-state index < -0.39 is 0 Å². The van der Waals surface area contributed by atoms with Crippen molar-refractivity contribution >= 4 is 26.9 Å². The van der Waals surface area contributed by atoms with E-state index in [0.29, 0.717) is 0 Å². The number of nitrogens with two attached hydrogens (primary N) is 1. The third kappa shape index (κ3) is 2.28. The largest absolute Gasteiger partial charge is 0.459 e. The summed E-state index contributed by atoms with van der Waals surface area (Å²) >= 11 is 3.48. The van der Waals surface area contributed by atoms with Crippen molar-refractivity contribution < 1.29 is 4.42 Å². The fourth-order valence-electron chi connectivity index (χ4n) is 2.50. The molecule has 3 rings (SSSR count). The molecule has 102 valence electrons. The van der Waals surface area contributed by atoms with E-state index in [4.69, 9.17) is 10.2 Å². The molecule has 2 nitrogen and oxygen atoms in total. The zero-order valence-electron chi connectivity index (χ0n) is 11.5. The van der Waals surface area contributed by atoms with Crippen LogP contribution in [0.1, 0.15) is 28.5 Å². The molecule has 0 aliphatic rings. The lowest BCUT2D eigenvalue weighted by molar-refractivity contribution is 0.521. The zero-order valence-corrected chi connectivity index (χ0v) is 13.1. The highest BCUT2D eigenvalue weighted by Crippen LogP contribution is 2.32. The second-order valence-corrected chi connectivity index (χ2v) is 6.04. The van der Waals surface area contributed by atoms with Crippen molar-refractivity contribution in [1.82, 2.24) is 0 Å². The summed E-state index contributed by atoms with van der Waals surface area (Å²) in [6, 6.07) is 14.0. The number of benzene rings is 2. The van der Waals surface area contributed by atoms with Crippen molar-refractivity contribution in [2.45, 2.75) is 19.9 Å². The number of hydrogen-bond acceptors (Lipinski definition) is 2. The number of fused-ring (bicyclic) bond motifs is 1. The van der Waals surface area contributed by atoms with Gasteiger partial charge in [0.15, 0.2) is 0 Å². The third-order valence-electron chi connectivity index (χ3n) is 3.62. The maximum atomic E-state index is 6.37. The molecule has 1 aromatic heterocycles. The van der Waals surface area contributed by atoms with Gasteiger partial charge in [-0.15, -0.1) is 0 Å². The first-order chi connectivity index (χ1) is 9.56. The van der Waals surface area contributed by atoms with E-state index in [9.17, 15) is 0 Å². The minimum atomic E-state index is -0.250. The molecule has 1 atom stereocenters. The highest BCUT2D eigenvalue weighted by Gasteiger charge is 2.18. The Bertz CT molecular complexity index is 776. The van der Waals surface area contributed by atoms with Crippen molar-refractivity contribution in [3.63, 3.8) is 0 Å². The SMILES string of the molecule is Cc1ccc2c(C)c(C(N)c3cccc(Br)c3)oc2c1. The van der Waals surface area contributed by atoms with Gasteiger partial charge in [0, 0.05) is 15.4 Å². The van der Waals surface area contributed by atoms with Crippen LogP contribution in [0.2, 0.25) is 0 Å². The van der Waals surface area contributed by atoms with Crippen LogP contribution in [0.5, 0.6) is 0 Å². The van der Waals surface area contributed by atoms with E-state index in [1.54, 1.807) is 0 Å². The zero-order chi connectivity index (χ0) is 14.3. The number of aryl methyl sites for hydroxylation is 2. The number of furan rings is 1. The number of hydrogen-bond donors (Lipinski definition) is 1. The second-order valence-electron chi connectivity index (χ2n) is 5.12. The molecule has 0 aliphatic heterocycles. The van der Waals surface area contributed by atoms with Gasteiger partial charge in [0.05, 0.1) is 6.04 Å². The van der Waals surface area contributed by atoms with Crippen LogP contribution in [0.3, 0.4) is 0 Å². The van der Waals surface area contributed by atoms with Crippen molar-refractivity contribution in [2.75, 3.05) is 0 Å². The van der Waals surface area contributed by atoms with Crippen molar-refractivity contribution in [2.24, 2.45) is 5.73 Å². The van der Waals surface area contributed by atoms with Gasteiger partial charge >= 0.3 is 0 Å². The Kier molecular flexibility index (Phi) is 3.40. The highest BCUT2D eigenvalue weighted by molar-refractivity contribution is 9.10. The fraction of sp³-hybridized carbons (Fsp3) is 0.176. The summed E-state index contributed by atoms with van der Waals surface area (Å²) < 4.78 is 7.02. The maximum absolute atomic E-state index is 6.37. The predicted octanol–water partition coefficient (Wildman–Crippen LogP) is 4.86. The van der Waals surface area contributed by atoms with Crippen LogP contribution in [0, 0.1) is 13.8 Å². The Hall–Kier alpha value is -1.58. The van der Waals surface area contributed by atoms with Gasteiger partial charge in [0.25, 0.3) is 0 Å². The number of halogens is 1. The van der Waals surface area contributed by atoms with Gasteiger partial charge in [-0.25, -0.2) is 0 Å². The van der Waals surface area contributed by atoms with E-state index in [0.717, 1.165) is 32.3 Å². The van der Waals surface area contributed by atoms with Gasteiger partial charge < -0.3 is 10.2 Å². The van der Waals surface area contributed by atoms with Crippen molar-refractivity contribution in [1.29, 1.82) is 0 Å². The molecule has 3 heteroatoms. The molecule has 2 aromatic carbocycles. The Morgan fingerprint density at radius 3 is 2.65 bits per heavy atom. The third-order valence-corrected chi connectivity index (χ3v) is 4.11. The van der Waals surface area contributed by atoms with Crippen LogP contribution in [-0.4, -0.2) is 0 Å².